The Balaban J connectivity index is 2.00. The highest BCUT2D eigenvalue weighted by atomic mass is 15.3. The minimum absolute atomic E-state index is 0.296. The van der Waals surface area contributed by atoms with E-state index in [2.05, 4.69) is 37.9 Å². The summed E-state index contributed by atoms with van der Waals surface area (Å²) in [5.41, 5.74) is 0.963. The third-order valence-electron chi connectivity index (χ3n) is 5.10. The molecule has 1 aliphatic heterocycles. The first-order chi connectivity index (χ1) is 8.00. The second-order valence-electron chi connectivity index (χ2n) is 6.94. The molecule has 0 radical (unpaired) electrons. The van der Waals surface area contributed by atoms with Crippen molar-refractivity contribution in [1.82, 2.24) is 10.2 Å². The van der Waals surface area contributed by atoms with Crippen molar-refractivity contribution >= 4 is 0 Å². The molecular weight excluding hydrogens is 208 g/mol. The van der Waals surface area contributed by atoms with Crippen LogP contribution < -0.4 is 5.32 Å². The number of nitrogens with zero attached hydrogens (tertiary/aromatic N) is 1. The SMILES string of the molecule is CCC1CNC(C)(C)CN1CC1(CC)CCC1. The Morgan fingerprint density at radius 3 is 2.41 bits per heavy atom. The standard InChI is InChI=1S/C15H30N2/c1-5-13-10-16-14(3,4)11-17(13)12-15(6-2)8-7-9-15/h13,16H,5-12H2,1-4H3. The number of rotatable bonds is 4. The zero-order valence-corrected chi connectivity index (χ0v) is 12.2. The van der Waals surface area contributed by atoms with Gasteiger partial charge in [0, 0.05) is 31.2 Å². The second kappa shape index (κ2) is 4.89. The molecule has 0 spiro atoms. The number of hydrogen-bond donors (Lipinski definition) is 1. The molecular formula is C15H30N2. The Kier molecular flexibility index (Phi) is 3.84. The fourth-order valence-corrected chi connectivity index (χ4v) is 3.53. The summed E-state index contributed by atoms with van der Waals surface area (Å²) < 4.78 is 0. The van der Waals surface area contributed by atoms with Crippen LogP contribution in [0.4, 0.5) is 0 Å². The molecule has 0 bridgehead atoms. The van der Waals surface area contributed by atoms with Gasteiger partial charge in [0.1, 0.15) is 0 Å². The number of hydrogen-bond acceptors (Lipinski definition) is 2. The van der Waals surface area contributed by atoms with E-state index in [1.165, 1.54) is 51.7 Å². The first-order valence-electron chi connectivity index (χ1n) is 7.49. The van der Waals surface area contributed by atoms with E-state index in [0.29, 0.717) is 11.0 Å². The van der Waals surface area contributed by atoms with Crippen molar-refractivity contribution < 1.29 is 0 Å². The average Bonchev–Trinajstić information content (AvgIpc) is 2.23. The molecule has 0 aromatic carbocycles. The van der Waals surface area contributed by atoms with Crippen molar-refractivity contribution in [2.45, 2.75) is 71.4 Å². The maximum Gasteiger partial charge on any atom is 0.0252 e. The van der Waals surface area contributed by atoms with Crippen LogP contribution in [0.25, 0.3) is 0 Å². The van der Waals surface area contributed by atoms with Crippen LogP contribution in [0.1, 0.15) is 59.8 Å². The smallest absolute Gasteiger partial charge is 0.0252 e. The van der Waals surface area contributed by atoms with Crippen LogP contribution in [-0.4, -0.2) is 36.1 Å². The summed E-state index contributed by atoms with van der Waals surface area (Å²) in [5, 5.41) is 3.69. The Morgan fingerprint density at radius 2 is 1.94 bits per heavy atom. The molecule has 1 aliphatic carbocycles. The van der Waals surface area contributed by atoms with E-state index < -0.39 is 0 Å². The maximum absolute atomic E-state index is 3.69. The molecule has 2 rings (SSSR count). The van der Waals surface area contributed by atoms with Gasteiger partial charge in [-0.15, -0.1) is 0 Å². The third kappa shape index (κ3) is 2.85. The Labute approximate surface area is 107 Å². The molecule has 2 fully saturated rings. The highest BCUT2D eigenvalue weighted by Crippen LogP contribution is 2.45. The molecule has 1 N–H and O–H groups in total. The molecule has 0 aromatic heterocycles. The van der Waals surface area contributed by atoms with Gasteiger partial charge in [-0.3, -0.25) is 4.90 Å². The van der Waals surface area contributed by atoms with Crippen LogP contribution >= 0.6 is 0 Å². The number of piperazine rings is 1. The zero-order valence-electron chi connectivity index (χ0n) is 12.2. The summed E-state index contributed by atoms with van der Waals surface area (Å²) >= 11 is 0. The number of nitrogens with one attached hydrogen (secondary N) is 1. The molecule has 100 valence electrons. The maximum atomic E-state index is 3.69. The lowest BCUT2D eigenvalue weighted by Crippen LogP contribution is -2.63. The van der Waals surface area contributed by atoms with Gasteiger partial charge in [-0.1, -0.05) is 20.3 Å². The normalized spacial score (nSPS) is 32.1. The largest absolute Gasteiger partial charge is 0.309 e. The third-order valence-corrected chi connectivity index (χ3v) is 5.10. The summed E-state index contributed by atoms with van der Waals surface area (Å²) in [7, 11) is 0. The van der Waals surface area contributed by atoms with Crippen LogP contribution in [0, 0.1) is 5.41 Å². The van der Waals surface area contributed by atoms with Crippen LogP contribution in [0.15, 0.2) is 0 Å². The molecule has 2 aliphatic rings. The Hall–Kier alpha value is -0.0800. The lowest BCUT2D eigenvalue weighted by molar-refractivity contribution is 0.00676. The lowest BCUT2D eigenvalue weighted by atomic mass is 9.66. The quantitative estimate of drug-likeness (QED) is 0.810. The molecule has 0 amide bonds. The van der Waals surface area contributed by atoms with Crippen molar-refractivity contribution in [3.63, 3.8) is 0 Å². The summed E-state index contributed by atoms with van der Waals surface area (Å²) in [6, 6.07) is 0.757. The summed E-state index contributed by atoms with van der Waals surface area (Å²) in [5.74, 6) is 0. The van der Waals surface area contributed by atoms with E-state index in [1.807, 2.05) is 0 Å². The first-order valence-corrected chi connectivity index (χ1v) is 7.49. The molecule has 17 heavy (non-hydrogen) atoms. The monoisotopic (exact) mass is 238 g/mol. The van der Waals surface area contributed by atoms with E-state index in [4.69, 9.17) is 0 Å². The Bertz CT molecular complexity index is 250. The van der Waals surface area contributed by atoms with Crippen LogP contribution in [0.2, 0.25) is 0 Å². The van der Waals surface area contributed by atoms with Gasteiger partial charge in [0.2, 0.25) is 0 Å². The van der Waals surface area contributed by atoms with Gasteiger partial charge in [0.25, 0.3) is 0 Å². The van der Waals surface area contributed by atoms with Crippen molar-refractivity contribution in [2.24, 2.45) is 5.41 Å². The van der Waals surface area contributed by atoms with E-state index >= 15 is 0 Å². The molecule has 1 saturated heterocycles. The first kappa shape index (κ1) is 13.4. The lowest BCUT2D eigenvalue weighted by Gasteiger charge is -2.51. The van der Waals surface area contributed by atoms with Crippen molar-refractivity contribution in [3.05, 3.63) is 0 Å². The summed E-state index contributed by atoms with van der Waals surface area (Å²) in [4.78, 5) is 2.78. The van der Waals surface area contributed by atoms with Crippen LogP contribution in [-0.2, 0) is 0 Å². The predicted molar refractivity (Wildman–Crippen MR) is 74.3 cm³/mol. The molecule has 1 saturated carbocycles. The topological polar surface area (TPSA) is 15.3 Å². The van der Waals surface area contributed by atoms with Gasteiger partial charge >= 0.3 is 0 Å². The van der Waals surface area contributed by atoms with Crippen molar-refractivity contribution in [3.8, 4) is 0 Å². The molecule has 1 unspecified atom stereocenters. The van der Waals surface area contributed by atoms with E-state index in [0.717, 1.165) is 6.04 Å². The van der Waals surface area contributed by atoms with Gasteiger partial charge in [0.15, 0.2) is 0 Å². The fourth-order valence-electron chi connectivity index (χ4n) is 3.53. The highest BCUT2D eigenvalue weighted by Gasteiger charge is 2.40. The molecule has 2 heteroatoms. The van der Waals surface area contributed by atoms with Crippen molar-refractivity contribution in [2.75, 3.05) is 19.6 Å². The summed E-state index contributed by atoms with van der Waals surface area (Å²) in [6.07, 6.45) is 7.03. The van der Waals surface area contributed by atoms with Crippen molar-refractivity contribution in [1.29, 1.82) is 0 Å². The molecule has 0 aromatic rings. The fraction of sp³-hybridized carbons (Fsp3) is 1.00. The van der Waals surface area contributed by atoms with Crippen LogP contribution in [0.5, 0.6) is 0 Å². The average molecular weight is 238 g/mol. The Morgan fingerprint density at radius 1 is 1.24 bits per heavy atom. The molecule has 1 heterocycles. The second-order valence-corrected chi connectivity index (χ2v) is 6.94. The van der Waals surface area contributed by atoms with Crippen LogP contribution in [0.3, 0.4) is 0 Å². The van der Waals surface area contributed by atoms with Gasteiger partial charge < -0.3 is 5.32 Å². The van der Waals surface area contributed by atoms with E-state index in [-0.39, 0.29) is 0 Å². The predicted octanol–water partition coefficient (Wildman–Crippen LogP) is 3.03. The minimum atomic E-state index is 0.296. The van der Waals surface area contributed by atoms with E-state index in [9.17, 15) is 0 Å². The summed E-state index contributed by atoms with van der Waals surface area (Å²) in [6.45, 7) is 13.1. The zero-order chi connectivity index (χ0) is 12.5. The molecule has 2 nitrogen and oxygen atoms in total. The molecule has 1 atom stereocenters. The van der Waals surface area contributed by atoms with E-state index in [1.54, 1.807) is 0 Å². The van der Waals surface area contributed by atoms with Gasteiger partial charge in [-0.25, -0.2) is 0 Å². The van der Waals surface area contributed by atoms with Gasteiger partial charge in [0.05, 0.1) is 0 Å². The van der Waals surface area contributed by atoms with Gasteiger partial charge in [-0.05, 0) is 44.9 Å². The van der Waals surface area contributed by atoms with Gasteiger partial charge in [-0.2, -0.15) is 0 Å². The minimum Gasteiger partial charge on any atom is -0.309 e. The highest BCUT2D eigenvalue weighted by molar-refractivity contribution is 4.96.